The van der Waals surface area contributed by atoms with Crippen LogP contribution in [0.4, 0.5) is 0 Å². The molecule has 0 unspecified atom stereocenters. The lowest BCUT2D eigenvalue weighted by Crippen LogP contribution is -2.11. The first-order chi connectivity index (χ1) is 7.10. The monoisotopic (exact) mass is 214 g/mol. The van der Waals surface area contributed by atoms with E-state index in [0.29, 0.717) is 19.5 Å². The molecule has 1 rings (SSSR count). The highest BCUT2D eigenvalue weighted by atomic mass is 16.4. The molecule has 0 spiro atoms. The molecule has 0 bridgehead atoms. The van der Waals surface area contributed by atoms with Crippen molar-refractivity contribution in [3.8, 4) is 0 Å². The maximum atomic E-state index is 10.1. The minimum absolute atomic E-state index is 0.150. The van der Waals surface area contributed by atoms with Crippen LogP contribution in [0.15, 0.2) is 12.5 Å². The van der Waals surface area contributed by atoms with Crippen LogP contribution >= 0.6 is 0 Å². The highest BCUT2D eigenvalue weighted by Crippen LogP contribution is 1.98. The van der Waals surface area contributed by atoms with Gasteiger partial charge in [0, 0.05) is 32.8 Å². The topological polar surface area (TPSA) is 107 Å². The van der Waals surface area contributed by atoms with Crippen molar-refractivity contribution in [2.24, 2.45) is 18.5 Å². The Morgan fingerprint density at radius 2 is 2.13 bits per heavy atom. The van der Waals surface area contributed by atoms with Crippen molar-refractivity contribution in [3.63, 3.8) is 0 Å². The average Bonchev–Trinajstić information content (AvgIpc) is 2.62. The van der Waals surface area contributed by atoms with Gasteiger partial charge in [-0.1, -0.05) is 0 Å². The van der Waals surface area contributed by atoms with E-state index in [1.165, 1.54) is 0 Å². The van der Waals surface area contributed by atoms with Crippen LogP contribution in [0, 0.1) is 0 Å². The Balaban J connectivity index is 0.000000423. The molecule has 6 heteroatoms. The molecule has 1 heterocycles. The summed E-state index contributed by atoms with van der Waals surface area (Å²) >= 11 is 0. The number of aliphatic carboxylic acids is 1. The molecule has 86 valence electrons. The van der Waals surface area contributed by atoms with Crippen LogP contribution in [-0.4, -0.2) is 33.7 Å². The minimum atomic E-state index is -0.782. The molecule has 0 aromatic carbocycles. The Morgan fingerprint density at radius 1 is 1.53 bits per heavy atom. The molecule has 5 N–H and O–H groups in total. The normalized spacial score (nSPS) is 9.27. The predicted molar refractivity (Wildman–Crippen MR) is 57.3 cm³/mol. The molecule has 0 fully saturated rings. The van der Waals surface area contributed by atoms with E-state index in [2.05, 4.69) is 4.98 Å². The Morgan fingerprint density at radius 3 is 2.47 bits per heavy atom. The third kappa shape index (κ3) is 7.65. The molecule has 1 aromatic rings. The molecule has 1 aromatic heterocycles. The Labute approximate surface area is 88.9 Å². The molecule has 0 saturated heterocycles. The van der Waals surface area contributed by atoms with Gasteiger partial charge in [0.05, 0.1) is 18.4 Å². The van der Waals surface area contributed by atoms with E-state index < -0.39 is 5.97 Å². The predicted octanol–water partition coefficient (Wildman–Crippen LogP) is -0.659. The molecule has 0 aliphatic rings. The second-order valence-corrected chi connectivity index (χ2v) is 3.00. The van der Waals surface area contributed by atoms with Crippen LogP contribution in [0.5, 0.6) is 0 Å². The van der Waals surface area contributed by atoms with Gasteiger partial charge in [-0.15, -0.1) is 0 Å². The van der Waals surface area contributed by atoms with Gasteiger partial charge in [0.2, 0.25) is 0 Å². The van der Waals surface area contributed by atoms with E-state index in [0.717, 1.165) is 5.69 Å². The fourth-order valence-electron chi connectivity index (χ4n) is 0.831. The fourth-order valence-corrected chi connectivity index (χ4v) is 0.831. The number of carbonyl (C=O) groups is 1. The summed E-state index contributed by atoms with van der Waals surface area (Å²) < 4.78 is 1.80. The average molecular weight is 214 g/mol. The van der Waals surface area contributed by atoms with E-state index in [9.17, 15) is 4.79 Å². The van der Waals surface area contributed by atoms with Crippen molar-refractivity contribution in [2.75, 3.05) is 13.1 Å². The summed E-state index contributed by atoms with van der Waals surface area (Å²) in [5.41, 5.74) is 10.6. The lowest BCUT2D eigenvalue weighted by Gasteiger charge is -1.89. The van der Waals surface area contributed by atoms with Gasteiger partial charge in [0.1, 0.15) is 0 Å². The maximum absolute atomic E-state index is 10.1. The Hall–Kier alpha value is -1.40. The van der Waals surface area contributed by atoms with E-state index >= 15 is 0 Å². The summed E-state index contributed by atoms with van der Waals surface area (Å²) in [7, 11) is 1.86. The fraction of sp³-hybridized carbons (Fsp3) is 0.556. The number of carboxylic acid groups (broad SMARTS) is 1. The van der Waals surface area contributed by atoms with Crippen molar-refractivity contribution in [1.29, 1.82) is 0 Å². The van der Waals surface area contributed by atoms with Gasteiger partial charge >= 0.3 is 5.97 Å². The zero-order chi connectivity index (χ0) is 11.7. The smallest absolute Gasteiger partial charge is 0.303 e. The number of aromatic nitrogens is 2. The summed E-state index contributed by atoms with van der Waals surface area (Å²) in [5, 5.41) is 8.35. The van der Waals surface area contributed by atoms with Crippen LogP contribution in [-0.2, 0) is 18.3 Å². The second-order valence-electron chi connectivity index (χ2n) is 3.00. The summed E-state index contributed by atoms with van der Waals surface area (Å²) in [4.78, 5) is 14.1. The third-order valence-corrected chi connectivity index (χ3v) is 1.52. The molecule has 6 nitrogen and oxygen atoms in total. The quantitative estimate of drug-likeness (QED) is 0.617. The van der Waals surface area contributed by atoms with Gasteiger partial charge in [-0.25, -0.2) is 4.98 Å². The Bertz CT molecular complexity index is 283. The molecule has 0 saturated carbocycles. The van der Waals surface area contributed by atoms with Gasteiger partial charge in [-0.05, 0) is 0 Å². The first kappa shape index (κ1) is 13.6. The summed E-state index contributed by atoms with van der Waals surface area (Å²) in [5.74, 6) is -0.782. The van der Waals surface area contributed by atoms with Crippen LogP contribution < -0.4 is 11.5 Å². The lowest BCUT2D eigenvalue weighted by molar-refractivity contribution is -0.136. The van der Waals surface area contributed by atoms with Crippen LogP contribution in [0.1, 0.15) is 12.1 Å². The number of hydrogen-bond acceptors (Lipinski definition) is 4. The highest BCUT2D eigenvalue weighted by Gasteiger charge is 2.00. The number of nitrogens with two attached hydrogens (primary N) is 2. The zero-order valence-corrected chi connectivity index (χ0v) is 8.89. The number of aryl methyl sites for hydroxylation is 2. The van der Waals surface area contributed by atoms with Gasteiger partial charge in [0.15, 0.2) is 0 Å². The van der Waals surface area contributed by atoms with E-state index in [1.54, 1.807) is 10.9 Å². The van der Waals surface area contributed by atoms with E-state index in [-0.39, 0.29) is 6.42 Å². The second kappa shape index (κ2) is 7.95. The van der Waals surface area contributed by atoms with Crippen LogP contribution in [0.3, 0.4) is 0 Å². The summed E-state index contributed by atoms with van der Waals surface area (Å²) in [6.45, 7) is 1.19. The highest BCUT2D eigenvalue weighted by molar-refractivity contribution is 5.66. The van der Waals surface area contributed by atoms with Crippen molar-refractivity contribution in [1.82, 2.24) is 9.55 Å². The first-order valence-corrected chi connectivity index (χ1v) is 4.69. The van der Waals surface area contributed by atoms with Crippen molar-refractivity contribution in [3.05, 3.63) is 18.2 Å². The van der Waals surface area contributed by atoms with Gasteiger partial charge in [-0.2, -0.15) is 0 Å². The summed E-state index contributed by atoms with van der Waals surface area (Å²) in [6.07, 6.45) is 4.15. The standard InChI is InChI=1S/C7H10N2O2.C2H8N2/c1-9-4-6(8-5-9)2-3-7(10)11;3-1-2-4/h4-5H,2-3H2,1H3,(H,10,11);1-4H2. The minimum Gasteiger partial charge on any atom is -0.481 e. The molecule has 0 radical (unpaired) electrons. The van der Waals surface area contributed by atoms with Crippen molar-refractivity contribution in [2.45, 2.75) is 12.8 Å². The Kier molecular flexibility index (Phi) is 7.21. The number of nitrogens with zero attached hydrogens (tertiary/aromatic N) is 2. The van der Waals surface area contributed by atoms with Crippen molar-refractivity contribution < 1.29 is 9.90 Å². The van der Waals surface area contributed by atoms with Crippen molar-refractivity contribution >= 4 is 5.97 Å². The maximum Gasteiger partial charge on any atom is 0.303 e. The number of carboxylic acids is 1. The first-order valence-electron chi connectivity index (χ1n) is 4.69. The lowest BCUT2D eigenvalue weighted by atomic mass is 10.2. The summed E-state index contributed by atoms with van der Waals surface area (Å²) in [6, 6.07) is 0. The number of imidazole rings is 1. The van der Waals surface area contributed by atoms with Gasteiger partial charge < -0.3 is 21.1 Å². The van der Waals surface area contributed by atoms with Gasteiger partial charge in [0.25, 0.3) is 0 Å². The van der Waals surface area contributed by atoms with Gasteiger partial charge in [-0.3, -0.25) is 4.79 Å². The zero-order valence-electron chi connectivity index (χ0n) is 8.89. The van der Waals surface area contributed by atoms with E-state index in [4.69, 9.17) is 16.6 Å². The largest absolute Gasteiger partial charge is 0.481 e. The van der Waals surface area contributed by atoms with Crippen LogP contribution in [0.25, 0.3) is 0 Å². The molecule has 0 aliphatic heterocycles. The molecule has 0 amide bonds. The third-order valence-electron chi connectivity index (χ3n) is 1.52. The molecular formula is C9H18N4O2. The molecule has 0 aliphatic carbocycles. The molecule has 15 heavy (non-hydrogen) atoms. The van der Waals surface area contributed by atoms with E-state index in [1.807, 2.05) is 13.2 Å². The van der Waals surface area contributed by atoms with Crippen LogP contribution in [0.2, 0.25) is 0 Å². The number of hydrogen-bond donors (Lipinski definition) is 3. The molecular weight excluding hydrogens is 196 g/mol. The molecule has 0 atom stereocenters. The number of rotatable bonds is 4. The SMILES string of the molecule is Cn1cnc(CCC(=O)O)c1.NCCN.